The normalized spacial score (nSPS) is 15.4. The van der Waals surface area contributed by atoms with E-state index in [0.717, 1.165) is 0 Å². The number of aliphatic carboxylic acids is 1. The van der Waals surface area contributed by atoms with Gasteiger partial charge in [0.15, 0.2) is 18.1 Å². The topological polar surface area (TPSA) is 78.9 Å². The molecule has 1 aromatic rings. The van der Waals surface area contributed by atoms with Crippen LogP contribution >= 0.6 is 0 Å². The van der Waals surface area contributed by atoms with Crippen molar-refractivity contribution in [1.29, 1.82) is 0 Å². The van der Waals surface area contributed by atoms with Crippen LogP contribution in [0.5, 0.6) is 11.5 Å². The first kappa shape index (κ1) is 16.1. The van der Waals surface area contributed by atoms with Gasteiger partial charge in [-0.2, -0.15) is 0 Å². The van der Waals surface area contributed by atoms with Crippen LogP contribution in [0.4, 0.5) is 0 Å². The van der Waals surface area contributed by atoms with Crippen LogP contribution in [0.1, 0.15) is 19.8 Å². The molecule has 0 aromatic heterocycles. The fourth-order valence-corrected chi connectivity index (χ4v) is 2.44. The molecule has 120 valence electrons. The van der Waals surface area contributed by atoms with E-state index in [0.29, 0.717) is 44.0 Å². The zero-order chi connectivity index (χ0) is 15.9. The highest BCUT2D eigenvalue weighted by Crippen LogP contribution is 2.26. The van der Waals surface area contributed by atoms with Gasteiger partial charge in [-0.1, -0.05) is 12.1 Å². The number of piperidine rings is 1. The Morgan fingerprint density at radius 3 is 2.32 bits per heavy atom. The van der Waals surface area contributed by atoms with Gasteiger partial charge in [0.2, 0.25) is 0 Å². The molecule has 0 aliphatic carbocycles. The van der Waals surface area contributed by atoms with Crippen molar-refractivity contribution in [2.24, 2.45) is 5.92 Å². The van der Waals surface area contributed by atoms with E-state index >= 15 is 0 Å². The lowest BCUT2D eigenvalue weighted by Gasteiger charge is -2.32. The summed E-state index contributed by atoms with van der Waals surface area (Å²) < 4.78 is 11.0. The quantitative estimate of drug-likeness (QED) is 0.762. The Morgan fingerprint density at radius 2 is 1.77 bits per heavy atom. The number of hydrogen-bond donors (Lipinski definition) is 0. The number of carboxylic acid groups (broad SMARTS) is 1. The lowest BCUT2D eigenvalue weighted by atomic mass is 9.97. The molecule has 1 amide bonds. The SMILES string of the molecule is CCOc1ccccc1OCC(=O)N1CCC(C(=O)[O-])CC1. The number of carboxylic acids is 1. The fraction of sp³-hybridized carbons (Fsp3) is 0.500. The van der Waals surface area contributed by atoms with Crippen LogP contribution in [0, 0.1) is 5.92 Å². The van der Waals surface area contributed by atoms with Gasteiger partial charge in [-0.3, -0.25) is 4.79 Å². The van der Waals surface area contributed by atoms with Crippen LogP contribution in [0.3, 0.4) is 0 Å². The van der Waals surface area contributed by atoms with E-state index in [1.54, 1.807) is 17.0 Å². The van der Waals surface area contributed by atoms with E-state index in [4.69, 9.17) is 9.47 Å². The number of carbonyl (C=O) groups is 2. The Balaban J connectivity index is 1.85. The zero-order valence-corrected chi connectivity index (χ0v) is 12.6. The average Bonchev–Trinajstić information content (AvgIpc) is 2.54. The fourth-order valence-electron chi connectivity index (χ4n) is 2.44. The molecule has 6 heteroatoms. The molecule has 0 spiro atoms. The number of nitrogens with zero attached hydrogens (tertiary/aromatic N) is 1. The van der Waals surface area contributed by atoms with Crippen LogP contribution in [0.15, 0.2) is 24.3 Å². The molecule has 1 fully saturated rings. The van der Waals surface area contributed by atoms with Crippen LogP contribution in [0.2, 0.25) is 0 Å². The van der Waals surface area contributed by atoms with Crippen molar-refractivity contribution in [2.45, 2.75) is 19.8 Å². The molecule has 1 saturated heterocycles. The molecule has 0 N–H and O–H groups in total. The first-order chi connectivity index (χ1) is 10.6. The lowest BCUT2D eigenvalue weighted by Crippen LogP contribution is -2.45. The summed E-state index contributed by atoms with van der Waals surface area (Å²) in [6.45, 7) is 3.16. The Kier molecular flexibility index (Phi) is 5.63. The molecule has 1 aliphatic rings. The predicted molar refractivity (Wildman–Crippen MR) is 77.4 cm³/mol. The molecule has 0 radical (unpaired) electrons. The number of para-hydroxylation sites is 2. The molecular weight excluding hydrogens is 286 g/mol. The summed E-state index contributed by atoms with van der Waals surface area (Å²) in [5.74, 6) is -0.503. The van der Waals surface area contributed by atoms with Gasteiger partial charge in [-0.15, -0.1) is 0 Å². The van der Waals surface area contributed by atoms with Crippen LogP contribution in [-0.4, -0.2) is 43.1 Å². The lowest BCUT2D eigenvalue weighted by molar-refractivity contribution is -0.312. The van der Waals surface area contributed by atoms with Gasteiger partial charge in [-0.05, 0) is 31.9 Å². The third-order valence-corrected chi connectivity index (χ3v) is 3.68. The second-order valence-electron chi connectivity index (χ2n) is 5.14. The summed E-state index contributed by atoms with van der Waals surface area (Å²) in [6, 6.07) is 7.19. The van der Waals surface area contributed by atoms with Gasteiger partial charge in [0, 0.05) is 25.0 Å². The Hall–Kier alpha value is -2.24. The second kappa shape index (κ2) is 7.68. The molecule has 2 rings (SSSR count). The largest absolute Gasteiger partial charge is 0.550 e. The molecule has 1 heterocycles. The first-order valence-corrected chi connectivity index (χ1v) is 7.45. The monoisotopic (exact) mass is 306 g/mol. The van der Waals surface area contributed by atoms with Gasteiger partial charge >= 0.3 is 0 Å². The van der Waals surface area contributed by atoms with E-state index < -0.39 is 11.9 Å². The number of benzene rings is 1. The van der Waals surface area contributed by atoms with Crippen molar-refractivity contribution in [2.75, 3.05) is 26.3 Å². The molecule has 1 aromatic carbocycles. The Morgan fingerprint density at radius 1 is 1.18 bits per heavy atom. The van der Waals surface area contributed by atoms with Gasteiger partial charge < -0.3 is 24.3 Å². The highest BCUT2D eigenvalue weighted by Gasteiger charge is 2.23. The number of amides is 1. The van der Waals surface area contributed by atoms with Crippen molar-refractivity contribution >= 4 is 11.9 Å². The second-order valence-corrected chi connectivity index (χ2v) is 5.14. The van der Waals surface area contributed by atoms with Crippen molar-refractivity contribution in [3.8, 4) is 11.5 Å². The summed E-state index contributed by atoms with van der Waals surface area (Å²) in [4.78, 5) is 24.5. The Bertz CT molecular complexity index is 523. The van der Waals surface area contributed by atoms with Crippen LogP contribution < -0.4 is 14.6 Å². The van der Waals surface area contributed by atoms with Gasteiger partial charge in [0.05, 0.1) is 6.61 Å². The molecule has 0 atom stereocenters. The third kappa shape index (κ3) is 4.13. The minimum Gasteiger partial charge on any atom is -0.550 e. The first-order valence-electron chi connectivity index (χ1n) is 7.45. The number of hydrogen-bond acceptors (Lipinski definition) is 5. The van der Waals surface area contributed by atoms with E-state index in [1.807, 2.05) is 19.1 Å². The zero-order valence-electron chi connectivity index (χ0n) is 12.6. The highest BCUT2D eigenvalue weighted by atomic mass is 16.5. The number of rotatable bonds is 6. The maximum Gasteiger partial charge on any atom is 0.260 e. The van der Waals surface area contributed by atoms with E-state index in [-0.39, 0.29) is 12.5 Å². The van der Waals surface area contributed by atoms with Crippen LogP contribution in [0.25, 0.3) is 0 Å². The number of carbonyl (C=O) groups excluding carboxylic acids is 2. The third-order valence-electron chi connectivity index (χ3n) is 3.68. The minimum absolute atomic E-state index is 0.0833. The predicted octanol–water partition coefficient (Wildman–Crippen LogP) is 0.453. The van der Waals surface area contributed by atoms with Gasteiger partial charge in [-0.25, -0.2) is 0 Å². The standard InChI is InChI=1S/C16H21NO5/c1-2-21-13-5-3-4-6-14(13)22-11-15(18)17-9-7-12(8-10-17)16(19)20/h3-6,12H,2,7-11H2,1H3,(H,19,20)/p-1. The summed E-state index contributed by atoms with van der Waals surface area (Å²) in [5.41, 5.74) is 0. The smallest absolute Gasteiger partial charge is 0.260 e. The molecule has 22 heavy (non-hydrogen) atoms. The summed E-state index contributed by atoms with van der Waals surface area (Å²) in [6.07, 6.45) is 0.868. The molecular formula is C16H20NO5-. The summed E-state index contributed by atoms with van der Waals surface area (Å²) in [7, 11) is 0. The molecule has 0 saturated carbocycles. The van der Waals surface area contributed by atoms with E-state index in [1.165, 1.54) is 0 Å². The maximum absolute atomic E-state index is 12.1. The van der Waals surface area contributed by atoms with Crippen molar-refractivity contribution in [1.82, 2.24) is 4.90 Å². The maximum atomic E-state index is 12.1. The summed E-state index contributed by atoms with van der Waals surface area (Å²) >= 11 is 0. The van der Waals surface area contributed by atoms with Gasteiger partial charge in [0.25, 0.3) is 5.91 Å². The highest BCUT2D eigenvalue weighted by molar-refractivity contribution is 5.78. The van der Waals surface area contributed by atoms with Crippen LogP contribution in [-0.2, 0) is 9.59 Å². The Labute approximate surface area is 129 Å². The number of likely N-dealkylation sites (tertiary alicyclic amines) is 1. The van der Waals surface area contributed by atoms with E-state index in [2.05, 4.69) is 0 Å². The minimum atomic E-state index is -1.03. The van der Waals surface area contributed by atoms with Crippen molar-refractivity contribution in [3.05, 3.63) is 24.3 Å². The summed E-state index contributed by atoms with van der Waals surface area (Å²) in [5, 5.41) is 10.8. The number of ether oxygens (including phenoxy) is 2. The molecule has 6 nitrogen and oxygen atoms in total. The van der Waals surface area contributed by atoms with Gasteiger partial charge in [0.1, 0.15) is 0 Å². The molecule has 0 bridgehead atoms. The average molecular weight is 306 g/mol. The van der Waals surface area contributed by atoms with E-state index in [9.17, 15) is 14.7 Å². The van der Waals surface area contributed by atoms with Crippen molar-refractivity contribution < 1.29 is 24.2 Å². The molecule has 1 aliphatic heterocycles. The molecule has 0 unspecified atom stereocenters. The van der Waals surface area contributed by atoms with Crippen molar-refractivity contribution in [3.63, 3.8) is 0 Å².